The average molecular weight is 184 g/mol. The van der Waals surface area contributed by atoms with Crippen LogP contribution in [0.5, 0.6) is 5.75 Å². The zero-order chi connectivity index (χ0) is 8.97. The van der Waals surface area contributed by atoms with Crippen LogP contribution in [0.3, 0.4) is 0 Å². The molecule has 0 fully saturated rings. The maximum Gasteiger partial charge on any atom is 0.308 e. The smallest absolute Gasteiger partial charge is 0.308 e. The first-order chi connectivity index (χ1) is 5.72. The van der Waals surface area contributed by atoms with Crippen molar-refractivity contribution in [2.24, 2.45) is 0 Å². The molecule has 0 aliphatic carbocycles. The fraction of sp³-hybridized carbons (Fsp3) is 0.444. The van der Waals surface area contributed by atoms with Crippen molar-refractivity contribution in [2.45, 2.75) is 26.7 Å². The average Bonchev–Trinajstić information content (AvgIpc) is 2.36. The maximum atomic E-state index is 10.6. The van der Waals surface area contributed by atoms with Gasteiger partial charge < -0.3 is 4.74 Å². The number of carbonyl (C=O) groups excluding carboxylic acids is 1. The van der Waals surface area contributed by atoms with E-state index >= 15 is 0 Å². The Hall–Kier alpha value is -0.830. The van der Waals surface area contributed by atoms with E-state index in [9.17, 15) is 4.79 Å². The molecular formula is C9H12O2S. The highest BCUT2D eigenvalue weighted by atomic mass is 32.1. The fourth-order valence-corrected chi connectivity index (χ4v) is 1.85. The number of aryl methyl sites for hydroxylation is 1. The molecule has 0 atom stereocenters. The lowest BCUT2D eigenvalue weighted by Gasteiger charge is -1.93. The lowest BCUT2D eigenvalue weighted by molar-refractivity contribution is -0.131. The van der Waals surface area contributed by atoms with Crippen molar-refractivity contribution in [2.75, 3.05) is 0 Å². The molecule has 0 saturated heterocycles. The summed E-state index contributed by atoms with van der Waals surface area (Å²) in [6.45, 7) is 3.54. The Kier molecular flexibility index (Phi) is 3.29. The second-order valence-electron chi connectivity index (χ2n) is 2.59. The molecule has 1 aromatic heterocycles. The van der Waals surface area contributed by atoms with Crippen LogP contribution in [0.25, 0.3) is 0 Å². The first-order valence-electron chi connectivity index (χ1n) is 3.98. The molecule has 0 N–H and O–H groups in total. The molecule has 0 aliphatic rings. The molecule has 0 bridgehead atoms. The number of hydrogen-bond donors (Lipinski definition) is 0. The molecule has 0 spiro atoms. The first kappa shape index (κ1) is 9.26. The van der Waals surface area contributed by atoms with Gasteiger partial charge in [-0.15, -0.1) is 11.3 Å². The van der Waals surface area contributed by atoms with Gasteiger partial charge in [0.15, 0.2) is 0 Å². The van der Waals surface area contributed by atoms with Crippen LogP contribution >= 0.6 is 11.3 Å². The van der Waals surface area contributed by atoms with Crippen molar-refractivity contribution in [1.82, 2.24) is 0 Å². The number of hydrogen-bond acceptors (Lipinski definition) is 3. The Morgan fingerprint density at radius 3 is 3.00 bits per heavy atom. The summed E-state index contributed by atoms with van der Waals surface area (Å²) >= 11 is 1.64. The number of esters is 1. The lowest BCUT2D eigenvalue weighted by atomic mass is 10.3. The Balaban J connectivity index is 2.58. The van der Waals surface area contributed by atoms with Gasteiger partial charge in [0.25, 0.3) is 0 Å². The summed E-state index contributed by atoms with van der Waals surface area (Å²) in [4.78, 5) is 11.8. The zero-order valence-electron chi connectivity index (χ0n) is 7.29. The summed E-state index contributed by atoms with van der Waals surface area (Å²) in [5.41, 5.74) is 0. The molecule has 1 aromatic rings. The van der Waals surface area contributed by atoms with Crippen molar-refractivity contribution in [3.63, 3.8) is 0 Å². The molecule has 66 valence electrons. The molecule has 2 nitrogen and oxygen atoms in total. The zero-order valence-corrected chi connectivity index (χ0v) is 8.11. The molecule has 0 amide bonds. The van der Waals surface area contributed by atoms with Crippen LogP contribution in [0.4, 0.5) is 0 Å². The van der Waals surface area contributed by atoms with Crippen LogP contribution in [0.15, 0.2) is 11.4 Å². The Morgan fingerprint density at radius 1 is 1.67 bits per heavy atom. The molecule has 12 heavy (non-hydrogen) atoms. The van der Waals surface area contributed by atoms with Crippen molar-refractivity contribution in [3.05, 3.63) is 16.3 Å². The number of ether oxygens (including phenoxy) is 1. The summed E-state index contributed by atoms with van der Waals surface area (Å²) in [5, 5.41) is 1.87. The molecule has 0 saturated carbocycles. The summed E-state index contributed by atoms with van der Waals surface area (Å²) < 4.78 is 4.91. The highest BCUT2D eigenvalue weighted by Gasteiger charge is 2.01. The predicted molar refractivity (Wildman–Crippen MR) is 49.6 cm³/mol. The van der Waals surface area contributed by atoms with Crippen LogP contribution in [-0.2, 0) is 11.2 Å². The standard InChI is InChI=1S/C9H12O2S/c1-3-4-9-5-8(6-12-9)11-7(2)10/h5-6H,3-4H2,1-2H3. The molecule has 3 heteroatoms. The molecule has 1 rings (SSSR count). The monoisotopic (exact) mass is 184 g/mol. The van der Waals surface area contributed by atoms with Crippen LogP contribution in [0.1, 0.15) is 25.1 Å². The van der Waals surface area contributed by atoms with E-state index in [0.717, 1.165) is 12.8 Å². The Labute approximate surface area is 76.2 Å². The summed E-state index contributed by atoms with van der Waals surface area (Å²) in [6, 6.07) is 1.93. The first-order valence-corrected chi connectivity index (χ1v) is 4.86. The molecular weight excluding hydrogens is 172 g/mol. The number of rotatable bonds is 3. The van der Waals surface area contributed by atoms with E-state index in [0.29, 0.717) is 5.75 Å². The van der Waals surface area contributed by atoms with Gasteiger partial charge in [-0.2, -0.15) is 0 Å². The SMILES string of the molecule is CCCc1cc(OC(C)=O)cs1. The Morgan fingerprint density at radius 2 is 2.42 bits per heavy atom. The third kappa shape index (κ3) is 2.66. The molecule has 0 aromatic carbocycles. The van der Waals surface area contributed by atoms with Crippen molar-refractivity contribution < 1.29 is 9.53 Å². The highest BCUT2D eigenvalue weighted by molar-refractivity contribution is 7.10. The van der Waals surface area contributed by atoms with Crippen molar-refractivity contribution >= 4 is 17.3 Å². The van der Waals surface area contributed by atoms with E-state index in [1.165, 1.54) is 11.8 Å². The second kappa shape index (κ2) is 4.26. The largest absolute Gasteiger partial charge is 0.426 e. The molecule has 0 radical (unpaired) electrons. The minimum Gasteiger partial charge on any atom is -0.426 e. The fourth-order valence-electron chi connectivity index (χ4n) is 0.957. The molecule has 0 unspecified atom stereocenters. The van der Waals surface area contributed by atoms with Crippen LogP contribution in [0, 0.1) is 0 Å². The number of thiophene rings is 1. The van der Waals surface area contributed by atoms with E-state index < -0.39 is 0 Å². The molecule has 0 aliphatic heterocycles. The van der Waals surface area contributed by atoms with Crippen molar-refractivity contribution in [1.29, 1.82) is 0 Å². The van der Waals surface area contributed by atoms with E-state index in [-0.39, 0.29) is 5.97 Å². The third-order valence-corrected chi connectivity index (χ3v) is 2.36. The van der Waals surface area contributed by atoms with E-state index in [4.69, 9.17) is 4.74 Å². The van der Waals surface area contributed by atoms with Gasteiger partial charge >= 0.3 is 5.97 Å². The van der Waals surface area contributed by atoms with Gasteiger partial charge in [0.2, 0.25) is 0 Å². The lowest BCUT2D eigenvalue weighted by Crippen LogP contribution is -1.99. The summed E-state index contributed by atoms with van der Waals surface area (Å²) in [5.74, 6) is 0.423. The van der Waals surface area contributed by atoms with Gasteiger partial charge in [-0.1, -0.05) is 13.3 Å². The van der Waals surface area contributed by atoms with Gasteiger partial charge in [-0.3, -0.25) is 4.79 Å². The van der Waals surface area contributed by atoms with Crippen LogP contribution < -0.4 is 4.74 Å². The minimum atomic E-state index is -0.254. The van der Waals surface area contributed by atoms with Gasteiger partial charge in [0.1, 0.15) is 5.75 Å². The van der Waals surface area contributed by atoms with E-state index in [2.05, 4.69) is 6.92 Å². The van der Waals surface area contributed by atoms with Crippen molar-refractivity contribution in [3.8, 4) is 5.75 Å². The quantitative estimate of drug-likeness (QED) is 0.675. The minimum absolute atomic E-state index is 0.254. The van der Waals surface area contributed by atoms with Gasteiger partial charge in [-0.05, 0) is 12.5 Å². The van der Waals surface area contributed by atoms with Crippen LogP contribution in [0.2, 0.25) is 0 Å². The number of carbonyl (C=O) groups is 1. The van der Waals surface area contributed by atoms with Gasteiger partial charge in [-0.25, -0.2) is 0 Å². The topological polar surface area (TPSA) is 26.3 Å². The Bertz CT molecular complexity index is 265. The van der Waals surface area contributed by atoms with E-state index in [1.807, 2.05) is 11.4 Å². The maximum absolute atomic E-state index is 10.6. The van der Waals surface area contributed by atoms with Gasteiger partial charge in [0, 0.05) is 17.2 Å². The van der Waals surface area contributed by atoms with E-state index in [1.54, 1.807) is 11.3 Å². The molecule has 1 heterocycles. The highest BCUT2D eigenvalue weighted by Crippen LogP contribution is 2.22. The normalized spacial score (nSPS) is 9.83. The second-order valence-corrected chi connectivity index (χ2v) is 3.59. The predicted octanol–water partition coefficient (Wildman–Crippen LogP) is 2.63. The summed E-state index contributed by atoms with van der Waals surface area (Å²) in [7, 11) is 0. The summed E-state index contributed by atoms with van der Waals surface area (Å²) in [6.07, 6.45) is 2.19. The van der Waals surface area contributed by atoms with Gasteiger partial charge in [0.05, 0.1) is 0 Å². The van der Waals surface area contributed by atoms with Crippen LogP contribution in [-0.4, -0.2) is 5.97 Å². The third-order valence-electron chi connectivity index (χ3n) is 1.39.